The minimum atomic E-state index is -1.65. The molecule has 0 spiro atoms. The molecule has 3 amide bonds. The molecule has 3 atom stereocenters. The number of hydrogen-bond acceptors (Lipinski definition) is 7. The molecule has 0 rings (SSSR count). The van der Waals surface area contributed by atoms with Crippen molar-refractivity contribution in [2.75, 3.05) is 13.2 Å². The van der Waals surface area contributed by atoms with E-state index in [0.29, 0.717) is 0 Å². The minimum absolute atomic E-state index is 0.450. The molecule has 0 aliphatic heterocycles. The van der Waals surface area contributed by atoms with Crippen LogP contribution in [0.3, 0.4) is 0 Å². The van der Waals surface area contributed by atoms with Crippen molar-refractivity contribution < 1.29 is 39.3 Å². The maximum atomic E-state index is 12.2. The number of carboxylic acid groups (broad SMARTS) is 2. The van der Waals surface area contributed by atoms with Gasteiger partial charge in [-0.3, -0.25) is 19.2 Å². The standard InChI is InChI=1S/C14H24N4O8/c1-6(2)11(13(24)17-8(14(25)26)3-10(21)22)18-9(20)4-16-12(23)7(15)5-19/h6-8,11,19H,3-5,15H2,1-2H3,(H,16,23)(H,17,24)(H,18,20)(H,21,22)(H,25,26). The van der Waals surface area contributed by atoms with E-state index in [1.807, 2.05) is 0 Å². The number of aliphatic carboxylic acids is 2. The Balaban J connectivity index is 4.83. The van der Waals surface area contributed by atoms with E-state index in [4.69, 9.17) is 21.1 Å². The molecule has 0 aliphatic carbocycles. The molecule has 0 fully saturated rings. The van der Waals surface area contributed by atoms with E-state index in [-0.39, 0.29) is 0 Å². The summed E-state index contributed by atoms with van der Waals surface area (Å²) in [5.41, 5.74) is 5.26. The number of carboxylic acids is 2. The lowest BCUT2D eigenvalue weighted by molar-refractivity contribution is -0.147. The molecule has 0 aliphatic rings. The highest BCUT2D eigenvalue weighted by molar-refractivity contribution is 5.93. The van der Waals surface area contributed by atoms with Crippen LogP contribution in [-0.4, -0.2) is 76.3 Å². The van der Waals surface area contributed by atoms with E-state index < -0.39 is 73.3 Å². The Bertz CT molecular complexity index is 551. The van der Waals surface area contributed by atoms with Crippen LogP contribution in [-0.2, 0) is 24.0 Å². The average Bonchev–Trinajstić information content (AvgIpc) is 2.54. The second-order valence-corrected chi connectivity index (χ2v) is 5.79. The molecule has 0 aromatic heterocycles. The molecule has 8 N–H and O–H groups in total. The molecule has 12 heteroatoms. The van der Waals surface area contributed by atoms with Gasteiger partial charge >= 0.3 is 11.9 Å². The van der Waals surface area contributed by atoms with Gasteiger partial charge in [0.15, 0.2) is 0 Å². The molecule has 0 radical (unpaired) electrons. The maximum absolute atomic E-state index is 12.2. The molecular formula is C14H24N4O8. The maximum Gasteiger partial charge on any atom is 0.326 e. The zero-order valence-electron chi connectivity index (χ0n) is 14.4. The van der Waals surface area contributed by atoms with E-state index in [1.165, 1.54) is 0 Å². The molecule has 0 saturated heterocycles. The van der Waals surface area contributed by atoms with Crippen LogP contribution in [0.25, 0.3) is 0 Å². The number of amides is 3. The number of carbonyl (C=O) groups is 5. The largest absolute Gasteiger partial charge is 0.481 e. The Kier molecular flexibility index (Phi) is 9.84. The van der Waals surface area contributed by atoms with Gasteiger partial charge in [0.05, 0.1) is 19.6 Å². The molecular weight excluding hydrogens is 352 g/mol. The monoisotopic (exact) mass is 376 g/mol. The Morgan fingerprint density at radius 3 is 2.00 bits per heavy atom. The molecule has 0 heterocycles. The van der Waals surface area contributed by atoms with Gasteiger partial charge in [-0.1, -0.05) is 13.8 Å². The molecule has 0 aromatic rings. The van der Waals surface area contributed by atoms with Crippen molar-refractivity contribution in [1.82, 2.24) is 16.0 Å². The zero-order chi connectivity index (χ0) is 20.4. The van der Waals surface area contributed by atoms with Gasteiger partial charge in [0.25, 0.3) is 0 Å². The van der Waals surface area contributed by atoms with Gasteiger partial charge in [-0.25, -0.2) is 4.79 Å². The predicted molar refractivity (Wildman–Crippen MR) is 86.7 cm³/mol. The molecule has 3 unspecified atom stereocenters. The first-order valence-electron chi connectivity index (χ1n) is 7.68. The summed E-state index contributed by atoms with van der Waals surface area (Å²) in [5, 5.41) is 32.9. The summed E-state index contributed by atoms with van der Waals surface area (Å²) in [6, 6.07) is -4.00. The highest BCUT2D eigenvalue weighted by Gasteiger charge is 2.30. The molecule has 0 saturated carbocycles. The number of rotatable bonds is 11. The van der Waals surface area contributed by atoms with Crippen LogP contribution in [0.1, 0.15) is 20.3 Å². The SMILES string of the molecule is CC(C)C(NC(=O)CNC(=O)C(N)CO)C(=O)NC(CC(=O)O)C(=O)O. The summed E-state index contributed by atoms with van der Waals surface area (Å²) in [5.74, 6) is -5.78. The van der Waals surface area contributed by atoms with Crippen molar-refractivity contribution in [2.24, 2.45) is 11.7 Å². The van der Waals surface area contributed by atoms with Gasteiger partial charge in [0.1, 0.15) is 18.1 Å². The third kappa shape index (κ3) is 8.39. The Morgan fingerprint density at radius 2 is 1.58 bits per heavy atom. The van der Waals surface area contributed by atoms with Crippen molar-refractivity contribution in [3.63, 3.8) is 0 Å². The number of aliphatic hydroxyl groups excluding tert-OH is 1. The fourth-order valence-electron chi connectivity index (χ4n) is 1.78. The van der Waals surface area contributed by atoms with E-state index in [9.17, 15) is 24.0 Å². The van der Waals surface area contributed by atoms with Gasteiger partial charge in [-0.2, -0.15) is 0 Å². The second-order valence-electron chi connectivity index (χ2n) is 5.79. The second kappa shape index (κ2) is 11.0. The molecule has 0 aromatic carbocycles. The van der Waals surface area contributed by atoms with Crippen LogP contribution in [0.5, 0.6) is 0 Å². The summed E-state index contributed by atoms with van der Waals surface area (Å²) >= 11 is 0. The Morgan fingerprint density at radius 1 is 1.00 bits per heavy atom. The summed E-state index contributed by atoms with van der Waals surface area (Å²) in [4.78, 5) is 57.1. The normalized spacial score (nSPS) is 14.0. The lowest BCUT2D eigenvalue weighted by Crippen LogP contribution is -2.55. The van der Waals surface area contributed by atoms with Crippen LogP contribution in [0.4, 0.5) is 0 Å². The first-order chi connectivity index (χ1) is 12.0. The topological polar surface area (TPSA) is 208 Å². The average molecular weight is 376 g/mol. The predicted octanol–water partition coefficient (Wildman–Crippen LogP) is -3.39. The summed E-state index contributed by atoms with van der Waals surface area (Å²) in [7, 11) is 0. The van der Waals surface area contributed by atoms with Crippen molar-refractivity contribution in [1.29, 1.82) is 0 Å². The molecule has 12 nitrogen and oxygen atoms in total. The summed E-state index contributed by atoms with van der Waals surface area (Å²) < 4.78 is 0. The van der Waals surface area contributed by atoms with Crippen LogP contribution in [0, 0.1) is 5.92 Å². The van der Waals surface area contributed by atoms with Gasteiger partial charge in [-0.05, 0) is 5.92 Å². The van der Waals surface area contributed by atoms with Gasteiger partial charge < -0.3 is 37.0 Å². The van der Waals surface area contributed by atoms with Gasteiger partial charge in [0, 0.05) is 0 Å². The first kappa shape index (κ1) is 23.3. The van der Waals surface area contributed by atoms with E-state index >= 15 is 0 Å². The van der Waals surface area contributed by atoms with Crippen LogP contribution >= 0.6 is 0 Å². The Labute approximate surface area is 149 Å². The van der Waals surface area contributed by atoms with Crippen molar-refractivity contribution in [3.05, 3.63) is 0 Å². The van der Waals surface area contributed by atoms with Crippen LogP contribution < -0.4 is 21.7 Å². The summed E-state index contributed by atoms with van der Waals surface area (Å²) in [6.45, 7) is 2.04. The highest BCUT2D eigenvalue weighted by Crippen LogP contribution is 2.04. The van der Waals surface area contributed by atoms with Crippen LogP contribution in [0.15, 0.2) is 0 Å². The van der Waals surface area contributed by atoms with Crippen molar-refractivity contribution in [3.8, 4) is 0 Å². The smallest absolute Gasteiger partial charge is 0.326 e. The van der Waals surface area contributed by atoms with Crippen molar-refractivity contribution >= 4 is 29.7 Å². The van der Waals surface area contributed by atoms with Gasteiger partial charge in [-0.15, -0.1) is 0 Å². The number of hydrogen-bond donors (Lipinski definition) is 7. The first-order valence-corrected chi connectivity index (χ1v) is 7.68. The Hall–Kier alpha value is -2.73. The molecule has 0 bridgehead atoms. The number of nitrogens with one attached hydrogen (secondary N) is 3. The quantitative estimate of drug-likeness (QED) is 0.191. The third-order valence-electron chi connectivity index (χ3n) is 3.22. The molecule has 26 heavy (non-hydrogen) atoms. The van der Waals surface area contributed by atoms with Crippen molar-refractivity contribution in [2.45, 2.75) is 38.4 Å². The number of carbonyl (C=O) groups excluding carboxylic acids is 3. The third-order valence-corrected chi connectivity index (χ3v) is 3.22. The minimum Gasteiger partial charge on any atom is -0.481 e. The zero-order valence-corrected chi connectivity index (χ0v) is 14.4. The number of aliphatic hydroxyl groups is 1. The van der Waals surface area contributed by atoms with Gasteiger partial charge in [0.2, 0.25) is 17.7 Å². The lowest BCUT2D eigenvalue weighted by Gasteiger charge is -2.23. The lowest BCUT2D eigenvalue weighted by atomic mass is 10.0. The number of nitrogens with two attached hydrogens (primary N) is 1. The summed E-state index contributed by atoms with van der Waals surface area (Å²) in [6.07, 6.45) is -0.824. The van der Waals surface area contributed by atoms with E-state index in [2.05, 4.69) is 16.0 Å². The fraction of sp³-hybridized carbons (Fsp3) is 0.643. The van der Waals surface area contributed by atoms with E-state index in [1.54, 1.807) is 13.8 Å². The fourth-order valence-corrected chi connectivity index (χ4v) is 1.78. The van der Waals surface area contributed by atoms with Crippen LogP contribution in [0.2, 0.25) is 0 Å². The highest BCUT2D eigenvalue weighted by atomic mass is 16.4. The molecule has 148 valence electrons. The van der Waals surface area contributed by atoms with E-state index in [0.717, 1.165) is 0 Å².